The van der Waals surface area contributed by atoms with Crippen molar-refractivity contribution in [1.29, 1.82) is 0 Å². The summed E-state index contributed by atoms with van der Waals surface area (Å²) in [7, 11) is 1.51. The molecule has 1 heterocycles. The van der Waals surface area contributed by atoms with Gasteiger partial charge in [0, 0.05) is 48.3 Å². The monoisotopic (exact) mass is 853 g/mol. The number of aromatic amines is 1. The normalized spacial score (nSPS) is 15.4. The minimum Gasteiger partial charge on any atom is -0.506 e. The van der Waals surface area contributed by atoms with E-state index >= 15 is 0 Å². The number of pyridine rings is 1. The highest BCUT2D eigenvalue weighted by atomic mass is 35.5. The van der Waals surface area contributed by atoms with Crippen molar-refractivity contribution in [2.75, 3.05) is 25.5 Å². The summed E-state index contributed by atoms with van der Waals surface area (Å²) < 4.78 is 11.3. The number of aliphatic hydroxyl groups excluding tert-OH is 1. The van der Waals surface area contributed by atoms with Gasteiger partial charge < -0.3 is 41.0 Å². The van der Waals surface area contributed by atoms with Crippen molar-refractivity contribution in [2.45, 2.75) is 69.7 Å². The highest BCUT2D eigenvalue weighted by molar-refractivity contribution is 6.34. The molecule has 2 amide bonds. The third kappa shape index (κ3) is 11.9. The van der Waals surface area contributed by atoms with Gasteiger partial charge in [-0.2, -0.15) is 0 Å². The molecule has 1 aromatic heterocycles. The number of phenolic OH excluding ortho intramolecular Hbond substituents is 1. The molecule has 8 N–H and O–H groups in total. The number of rotatable bonds is 15. The maximum atomic E-state index is 13.2. The predicted molar refractivity (Wildman–Crippen MR) is 233 cm³/mol. The molecule has 12 nitrogen and oxygen atoms in total. The number of phenols is 1. The summed E-state index contributed by atoms with van der Waals surface area (Å²) in [6, 6.07) is 25.3. The summed E-state index contributed by atoms with van der Waals surface area (Å²) in [5, 5.41) is 31.0. The Kier molecular flexibility index (Phi) is 17.2. The van der Waals surface area contributed by atoms with Crippen molar-refractivity contribution in [2.24, 2.45) is 5.73 Å². The maximum Gasteiger partial charge on any atom is 0.411 e. The van der Waals surface area contributed by atoms with Crippen molar-refractivity contribution >= 4 is 65.0 Å². The number of hydrogen-bond donors (Lipinski definition) is 7. The van der Waals surface area contributed by atoms with Gasteiger partial charge in [-0.1, -0.05) is 60.1 Å². The number of nitrogens with two attached hydrogens (primary N) is 1. The van der Waals surface area contributed by atoms with Crippen LogP contribution < -0.4 is 32.0 Å². The number of aryl methyl sites for hydroxylation is 1. The molecule has 0 spiro atoms. The molecule has 58 heavy (non-hydrogen) atoms. The molecule has 1 aliphatic carbocycles. The lowest BCUT2D eigenvalue weighted by atomic mass is 9.94. The number of anilines is 1. The second kappa shape index (κ2) is 21.8. The second-order valence-corrected chi connectivity index (χ2v) is 14.5. The smallest absolute Gasteiger partial charge is 0.411 e. The van der Waals surface area contributed by atoms with Crippen molar-refractivity contribution < 1.29 is 29.3 Å². The van der Waals surface area contributed by atoms with Crippen LogP contribution in [0.1, 0.15) is 71.7 Å². The number of aromatic nitrogens is 1. The molecule has 6 rings (SSSR count). The van der Waals surface area contributed by atoms with Gasteiger partial charge in [0.05, 0.1) is 35.0 Å². The Morgan fingerprint density at radius 3 is 2.47 bits per heavy atom. The zero-order valence-electron chi connectivity index (χ0n) is 32.1. The van der Waals surface area contributed by atoms with E-state index < -0.39 is 12.2 Å². The molecule has 0 saturated heterocycles. The highest BCUT2D eigenvalue weighted by Gasteiger charge is 2.23. The number of halogens is 3. The number of aromatic hydroxyl groups is 1. The first kappa shape index (κ1) is 45.9. The Bertz CT molecular complexity index is 2220. The maximum absolute atomic E-state index is 13.2. The molecule has 1 fully saturated rings. The molecule has 1 saturated carbocycles. The molecule has 1 atom stereocenters. The van der Waals surface area contributed by atoms with Gasteiger partial charge in [0.15, 0.2) is 0 Å². The van der Waals surface area contributed by atoms with Crippen LogP contribution in [0.4, 0.5) is 10.5 Å². The third-order valence-electron chi connectivity index (χ3n) is 10.1. The van der Waals surface area contributed by atoms with E-state index in [1.165, 1.54) is 19.2 Å². The number of carbonyl (C=O) groups excluding carboxylic acids is 2. The summed E-state index contributed by atoms with van der Waals surface area (Å²) in [5.74, 6) is 0.0571. The van der Waals surface area contributed by atoms with Gasteiger partial charge in [-0.05, 0) is 92.0 Å². The molecule has 5 aromatic rings. The lowest BCUT2D eigenvalue weighted by molar-refractivity contribution is 0.0826. The summed E-state index contributed by atoms with van der Waals surface area (Å²) in [5.41, 5.74) is 11.1. The molecular weight excluding hydrogens is 805 g/mol. The van der Waals surface area contributed by atoms with Crippen molar-refractivity contribution in [1.82, 2.24) is 15.6 Å². The molecule has 1 aliphatic rings. The number of amides is 2. The lowest BCUT2D eigenvalue weighted by Crippen LogP contribution is -2.32. The number of fused-ring (bicyclic) bond motifs is 1. The summed E-state index contributed by atoms with van der Waals surface area (Å²) in [4.78, 5) is 40.5. The average molecular weight is 855 g/mol. The van der Waals surface area contributed by atoms with Gasteiger partial charge in [-0.15, -0.1) is 24.8 Å². The van der Waals surface area contributed by atoms with E-state index in [0.717, 1.165) is 55.2 Å². The van der Waals surface area contributed by atoms with Crippen LogP contribution in [-0.2, 0) is 17.7 Å². The van der Waals surface area contributed by atoms with Crippen molar-refractivity contribution in [3.05, 3.63) is 123 Å². The first-order chi connectivity index (χ1) is 27.1. The second-order valence-electron chi connectivity index (χ2n) is 14.1. The average Bonchev–Trinajstić information content (AvgIpc) is 3.19. The van der Waals surface area contributed by atoms with E-state index in [0.29, 0.717) is 40.9 Å². The van der Waals surface area contributed by atoms with E-state index in [1.54, 1.807) is 24.3 Å². The predicted octanol–water partition coefficient (Wildman–Crippen LogP) is 7.80. The number of ether oxygens (including phenoxy) is 2. The molecule has 310 valence electrons. The van der Waals surface area contributed by atoms with Crippen LogP contribution in [0.15, 0.2) is 89.7 Å². The molecule has 15 heteroatoms. The van der Waals surface area contributed by atoms with Crippen LogP contribution in [0.2, 0.25) is 5.02 Å². The summed E-state index contributed by atoms with van der Waals surface area (Å²) in [6.07, 6.45) is 3.91. The molecule has 4 aromatic carbocycles. The van der Waals surface area contributed by atoms with Gasteiger partial charge in [0.25, 0.3) is 5.91 Å². The minimum absolute atomic E-state index is 0. The lowest BCUT2D eigenvalue weighted by Gasteiger charge is -2.26. The number of benzene rings is 4. The standard InChI is InChI=1S/C43H48ClN5O7.2ClH/c1-55-39-23-34(35(44)22-28(39)24-46-25-38(51)32-16-18-37(50)41-33(32)17-19-40(52)49-41)42(53)47-20-6-5-7-26-10-15-31(27-8-3-2-4-9-27)36(21-26)48-43(54)56-30-13-11-29(45)12-14-30;;/h2-4,8-10,15-19,21-23,29-30,38,46,50-51H,5-7,11-14,20,24-25,45H2,1H3,(H,47,53)(H,48,54)(H,49,52);2*1H/t29?,30?,38-;;/m0../s1. The van der Waals surface area contributed by atoms with Crippen LogP contribution in [0, 0.1) is 0 Å². The Hall–Kier alpha value is -4.82. The molecule has 0 aliphatic heterocycles. The van der Waals surface area contributed by atoms with Gasteiger partial charge in [0.1, 0.15) is 17.6 Å². The van der Waals surface area contributed by atoms with Crippen molar-refractivity contribution in [3.63, 3.8) is 0 Å². The third-order valence-corrected chi connectivity index (χ3v) is 10.4. The zero-order chi connectivity index (χ0) is 39.6. The van der Waals surface area contributed by atoms with E-state index in [-0.39, 0.29) is 83.4 Å². The minimum atomic E-state index is -0.946. The fourth-order valence-electron chi connectivity index (χ4n) is 7.07. The van der Waals surface area contributed by atoms with Gasteiger partial charge in [-0.25, -0.2) is 4.79 Å². The number of nitrogens with one attached hydrogen (secondary N) is 4. The molecule has 0 radical (unpaired) electrons. The van der Waals surface area contributed by atoms with E-state index in [4.69, 9.17) is 26.8 Å². The number of unbranched alkanes of at least 4 members (excludes halogenated alkanes) is 1. The van der Waals surface area contributed by atoms with Crippen LogP contribution in [0.3, 0.4) is 0 Å². The molecule has 0 unspecified atom stereocenters. The Balaban J connectivity index is 0.00000372. The van der Waals surface area contributed by atoms with Crippen molar-refractivity contribution in [3.8, 4) is 22.6 Å². The zero-order valence-corrected chi connectivity index (χ0v) is 34.5. The summed E-state index contributed by atoms with van der Waals surface area (Å²) in [6.45, 7) is 0.873. The number of carbonyl (C=O) groups is 2. The van der Waals surface area contributed by atoms with Gasteiger partial charge in [-0.3, -0.25) is 14.9 Å². The number of aliphatic hydroxyl groups is 1. The van der Waals surface area contributed by atoms with Crippen LogP contribution in [0.5, 0.6) is 11.5 Å². The largest absolute Gasteiger partial charge is 0.506 e. The molecule has 0 bridgehead atoms. The van der Waals surface area contributed by atoms with Gasteiger partial charge >= 0.3 is 6.09 Å². The quantitative estimate of drug-likeness (QED) is 0.0516. The van der Waals surface area contributed by atoms with E-state index in [9.17, 15) is 24.6 Å². The van der Waals surface area contributed by atoms with Crippen LogP contribution in [0.25, 0.3) is 22.0 Å². The van der Waals surface area contributed by atoms with E-state index in [1.807, 2.05) is 42.5 Å². The van der Waals surface area contributed by atoms with Crippen LogP contribution >= 0.6 is 36.4 Å². The fourth-order valence-corrected chi connectivity index (χ4v) is 7.34. The number of hydrogen-bond acceptors (Lipinski definition) is 9. The van der Waals surface area contributed by atoms with Crippen LogP contribution in [-0.4, -0.2) is 59.5 Å². The SMILES string of the molecule is COc1cc(C(=O)NCCCCc2ccc(-c3ccccc3)c(NC(=O)OC3CCC(N)CC3)c2)c(Cl)cc1CNC[C@H](O)c1ccc(O)c2[nH]c(=O)ccc12.Cl.Cl. The molecular formula is C43H50Cl3N5O7. The Labute approximate surface area is 354 Å². The number of methoxy groups -OCH3 is 1. The Morgan fingerprint density at radius 2 is 1.72 bits per heavy atom. The Morgan fingerprint density at radius 1 is 0.966 bits per heavy atom. The fraction of sp³-hybridized carbons (Fsp3) is 0.326. The van der Waals surface area contributed by atoms with E-state index in [2.05, 4.69) is 27.0 Å². The van der Waals surface area contributed by atoms with Gasteiger partial charge in [0.2, 0.25) is 5.56 Å². The topological polar surface area (TPSA) is 188 Å². The first-order valence-electron chi connectivity index (χ1n) is 18.9. The number of H-pyrrole nitrogens is 1. The summed E-state index contributed by atoms with van der Waals surface area (Å²) >= 11 is 6.58. The highest BCUT2D eigenvalue weighted by Crippen LogP contribution is 2.32. The first-order valence-corrected chi connectivity index (χ1v) is 19.3.